The van der Waals surface area contributed by atoms with Gasteiger partial charge < -0.3 is 5.11 Å². The number of carbonyl (C=O) groups is 2. The summed E-state index contributed by atoms with van der Waals surface area (Å²) in [6, 6.07) is 20.4. The topological polar surface area (TPSA) is 57.6 Å². The minimum Gasteiger partial charge on any atom is -0.507 e. The SMILES string of the molecule is Cc1ccc(N2C(=O)C(=O)/C(=C(/O)c3cc(C(C)(C)C)ccc3C)C2c2ccccc2C)cc1. The summed E-state index contributed by atoms with van der Waals surface area (Å²) in [5.41, 5.74) is 5.89. The maximum Gasteiger partial charge on any atom is 0.300 e. The number of hydrogen-bond donors (Lipinski definition) is 1. The van der Waals surface area contributed by atoms with Gasteiger partial charge in [-0.2, -0.15) is 0 Å². The molecule has 1 fully saturated rings. The Morgan fingerprint density at radius 3 is 2.12 bits per heavy atom. The van der Waals surface area contributed by atoms with Gasteiger partial charge in [0.2, 0.25) is 0 Å². The van der Waals surface area contributed by atoms with Crippen molar-refractivity contribution < 1.29 is 14.7 Å². The van der Waals surface area contributed by atoms with Crippen LogP contribution in [0.2, 0.25) is 0 Å². The van der Waals surface area contributed by atoms with Gasteiger partial charge in [0.25, 0.3) is 11.7 Å². The average Bonchev–Trinajstić information content (AvgIpc) is 3.04. The van der Waals surface area contributed by atoms with Gasteiger partial charge in [-0.15, -0.1) is 0 Å². The molecule has 0 spiro atoms. The molecular formula is C30H31NO3. The standard InChI is InChI=1S/C30H31NO3/c1-18-11-15-22(16-12-18)31-26(23-10-8-7-9-19(23)2)25(28(33)29(31)34)27(32)24-17-21(30(4,5)6)14-13-20(24)3/h7-17,26,32H,1-6H3/b27-25+. The molecule has 4 nitrogen and oxygen atoms in total. The fourth-order valence-electron chi connectivity index (χ4n) is 4.48. The Labute approximate surface area is 201 Å². The fraction of sp³-hybridized carbons (Fsp3) is 0.267. The summed E-state index contributed by atoms with van der Waals surface area (Å²) < 4.78 is 0. The lowest BCUT2D eigenvalue weighted by Crippen LogP contribution is -2.29. The number of carbonyl (C=O) groups excluding carboxylic acids is 2. The number of aliphatic hydroxyl groups is 1. The third-order valence-electron chi connectivity index (χ3n) is 6.60. The molecule has 1 saturated heterocycles. The van der Waals surface area contributed by atoms with Crippen LogP contribution in [0.15, 0.2) is 72.3 Å². The van der Waals surface area contributed by atoms with Crippen molar-refractivity contribution in [3.63, 3.8) is 0 Å². The third kappa shape index (κ3) is 4.05. The van der Waals surface area contributed by atoms with Crippen molar-refractivity contribution in [1.82, 2.24) is 0 Å². The molecule has 0 radical (unpaired) electrons. The molecule has 174 valence electrons. The van der Waals surface area contributed by atoms with Crippen LogP contribution >= 0.6 is 0 Å². The van der Waals surface area contributed by atoms with Gasteiger partial charge in [-0.3, -0.25) is 14.5 Å². The highest BCUT2D eigenvalue weighted by Gasteiger charge is 2.47. The molecule has 0 aliphatic carbocycles. The van der Waals surface area contributed by atoms with Crippen molar-refractivity contribution in [1.29, 1.82) is 0 Å². The van der Waals surface area contributed by atoms with E-state index in [2.05, 4.69) is 20.8 Å². The zero-order chi connectivity index (χ0) is 24.8. The summed E-state index contributed by atoms with van der Waals surface area (Å²) in [7, 11) is 0. The summed E-state index contributed by atoms with van der Waals surface area (Å²) in [6.45, 7) is 12.1. The predicted molar refractivity (Wildman–Crippen MR) is 137 cm³/mol. The molecule has 1 heterocycles. The fourth-order valence-corrected chi connectivity index (χ4v) is 4.48. The van der Waals surface area contributed by atoms with Crippen LogP contribution in [-0.4, -0.2) is 16.8 Å². The number of aliphatic hydroxyl groups excluding tert-OH is 1. The van der Waals surface area contributed by atoms with E-state index in [1.54, 1.807) is 0 Å². The van der Waals surface area contributed by atoms with E-state index in [9.17, 15) is 14.7 Å². The first-order valence-electron chi connectivity index (χ1n) is 11.6. The van der Waals surface area contributed by atoms with Crippen LogP contribution in [0.5, 0.6) is 0 Å². The molecular weight excluding hydrogens is 422 g/mol. The van der Waals surface area contributed by atoms with Crippen LogP contribution in [0, 0.1) is 20.8 Å². The molecule has 0 bridgehead atoms. The monoisotopic (exact) mass is 453 g/mol. The molecule has 1 N–H and O–H groups in total. The lowest BCUT2D eigenvalue weighted by molar-refractivity contribution is -0.132. The molecule has 1 atom stereocenters. The van der Waals surface area contributed by atoms with Gasteiger partial charge in [-0.1, -0.05) is 74.9 Å². The van der Waals surface area contributed by atoms with Crippen molar-refractivity contribution in [2.75, 3.05) is 4.90 Å². The van der Waals surface area contributed by atoms with Crippen LogP contribution in [0.25, 0.3) is 5.76 Å². The first-order valence-corrected chi connectivity index (χ1v) is 11.6. The minimum atomic E-state index is -0.721. The quantitative estimate of drug-likeness (QED) is 0.278. The summed E-state index contributed by atoms with van der Waals surface area (Å²) in [5, 5.41) is 11.6. The van der Waals surface area contributed by atoms with E-state index in [4.69, 9.17) is 0 Å². The molecule has 1 unspecified atom stereocenters. The molecule has 34 heavy (non-hydrogen) atoms. The molecule has 0 aromatic heterocycles. The minimum absolute atomic E-state index is 0.119. The summed E-state index contributed by atoms with van der Waals surface area (Å²) in [5.74, 6) is -1.44. The second-order valence-corrected chi connectivity index (χ2v) is 10.1. The lowest BCUT2D eigenvalue weighted by Gasteiger charge is -2.27. The smallest absolute Gasteiger partial charge is 0.300 e. The van der Waals surface area contributed by atoms with Gasteiger partial charge in [0, 0.05) is 11.3 Å². The van der Waals surface area contributed by atoms with Crippen molar-refractivity contribution >= 4 is 23.1 Å². The van der Waals surface area contributed by atoms with E-state index in [0.717, 1.165) is 27.8 Å². The predicted octanol–water partition coefficient (Wildman–Crippen LogP) is 6.54. The highest BCUT2D eigenvalue weighted by molar-refractivity contribution is 6.51. The Kier molecular flexibility index (Phi) is 5.94. The first-order chi connectivity index (χ1) is 16.0. The van der Waals surface area contributed by atoms with Crippen LogP contribution in [0.4, 0.5) is 5.69 Å². The molecule has 4 heteroatoms. The Balaban J connectivity index is 2.00. The number of Topliss-reactive ketones (excluding diaryl/α,β-unsaturated/α-hetero) is 1. The largest absolute Gasteiger partial charge is 0.507 e. The number of ketones is 1. The molecule has 3 aromatic rings. The Morgan fingerprint density at radius 2 is 1.50 bits per heavy atom. The van der Waals surface area contributed by atoms with Crippen LogP contribution in [0.3, 0.4) is 0 Å². The highest BCUT2D eigenvalue weighted by Crippen LogP contribution is 2.43. The summed E-state index contributed by atoms with van der Waals surface area (Å²) >= 11 is 0. The van der Waals surface area contributed by atoms with Crippen molar-refractivity contribution in [2.45, 2.75) is 53.0 Å². The first kappa shape index (κ1) is 23.5. The van der Waals surface area contributed by atoms with E-state index in [-0.39, 0.29) is 16.7 Å². The average molecular weight is 454 g/mol. The number of anilines is 1. The van der Waals surface area contributed by atoms with Crippen molar-refractivity contribution in [3.05, 3.63) is 106 Å². The number of rotatable bonds is 3. The lowest BCUT2D eigenvalue weighted by atomic mass is 9.84. The van der Waals surface area contributed by atoms with Gasteiger partial charge in [-0.25, -0.2) is 0 Å². The van der Waals surface area contributed by atoms with E-state index in [1.165, 1.54) is 4.90 Å². The molecule has 1 aliphatic heterocycles. The Bertz CT molecular complexity index is 1310. The number of amides is 1. The van der Waals surface area contributed by atoms with Gasteiger partial charge in [-0.05, 0) is 66.6 Å². The maximum atomic E-state index is 13.4. The van der Waals surface area contributed by atoms with Crippen molar-refractivity contribution in [2.24, 2.45) is 0 Å². The molecule has 1 amide bonds. The summed E-state index contributed by atoms with van der Waals surface area (Å²) in [4.78, 5) is 28.3. The van der Waals surface area contributed by atoms with E-state index >= 15 is 0 Å². The Morgan fingerprint density at radius 1 is 0.853 bits per heavy atom. The van der Waals surface area contributed by atoms with E-state index in [0.29, 0.717) is 11.3 Å². The zero-order valence-corrected chi connectivity index (χ0v) is 20.6. The van der Waals surface area contributed by atoms with E-state index in [1.807, 2.05) is 87.5 Å². The summed E-state index contributed by atoms with van der Waals surface area (Å²) in [6.07, 6.45) is 0. The van der Waals surface area contributed by atoms with Gasteiger partial charge in [0.1, 0.15) is 5.76 Å². The maximum absolute atomic E-state index is 13.4. The van der Waals surface area contributed by atoms with Gasteiger partial charge >= 0.3 is 0 Å². The number of benzene rings is 3. The zero-order valence-electron chi connectivity index (χ0n) is 20.6. The number of hydrogen-bond acceptors (Lipinski definition) is 3. The molecule has 1 aliphatic rings. The van der Waals surface area contributed by atoms with Crippen LogP contribution in [-0.2, 0) is 15.0 Å². The van der Waals surface area contributed by atoms with Gasteiger partial charge in [0.15, 0.2) is 0 Å². The third-order valence-corrected chi connectivity index (χ3v) is 6.60. The second-order valence-electron chi connectivity index (χ2n) is 10.1. The second kappa shape index (κ2) is 8.60. The van der Waals surface area contributed by atoms with Crippen LogP contribution < -0.4 is 4.90 Å². The van der Waals surface area contributed by atoms with E-state index < -0.39 is 17.7 Å². The number of aryl methyl sites for hydroxylation is 3. The van der Waals surface area contributed by atoms with Crippen molar-refractivity contribution in [3.8, 4) is 0 Å². The highest BCUT2D eigenvalue weighted by atomic mass is 16.3. The normalized spacial score (nSPS) is 17.9. The van der Waals surface area contributed by atoms with Gasteiger partial charge in [0.05, 0.1) is 11.6 Å². The molecule has 0 saturated carbocycles. The molecule has 3 aromatic carbocycles. The van der Waals surface area contributed by atoms with Crippen LogP contribution in [0.1, 0.15) is 60.2 Å². The Hall–Kier alpha value is -3.66. The number of nitrogens with zero attached hydrogens (tertiary/aromatic N) is 1. The molecule has 4 rings (SSSR count).